The Labute approximate surface area is 366 Å². The minimum absolute atomic E-state index is 0.0398. The second-order valence-electron chi connectivity index (χ2n) is 18.3. The van der Waals surface area contributed by atoms with Gasteiger partial charge in [-0.05, 0) is 107 Å². The van der Waals surface area contributed by atoms with Gasteiger partial charge in [-0.15, -0.1) is 0 Å². The smallest absolute Gasteiger partial charge is 0.329 e. The SMILES string of the molecule is CCC1C=C(C)C(F)C(C)CC(OC)C2OC(O)(C(=O)C(=O)N3CCCCC3C(=O)OC(C(C)=CC3CCC(Oc4ccccc4)C(O)C3)C(C)C(O)CC1=O)C(C)CC2OC. The van der Waals surface area contributed by atoms with Gasteiger partial charge in [-0.2, -0.15) is 0 Å². The van der Waals surface area contributed by atoms with Crippen molar-refractivity contribution in [1.82, 2.24) is 4.90 Å². The van der Waals surface area contributed by atoms with Gasteiger partial charge in [0.25, 0.3) is 11.7 Å². The van der Waals surface area contributed by atoms with E-state index in [1.165, 1.54) is 14.2 Å². The van der Waals surface area contributed by atoms with Gasteiger partial charge in [0.05, 0.1) is 24.4 Å². The highest BCUT2D eigenvalue weighted by Gasteiger charge is 2.57. The molecule has 346 valence electrons. The molecule has 15 atom stereocenters. The number of hydrogen-bond acceptors (Lipinski definition) is 12. The number of ketones is 2. The largest absolute Gasteiger partial charge is 0.488 e. The van der Waals surface area contributed by atoms with Crippen LogP contribution in [-0.4, -0.2) is 125 Å². The van der Waals surface area contributed by atoms with Gasteiger partial charge < -0.3 is 43.9 Å². The van der Waals surface area contributed by atoms with Crippen molar-refractivity contribution >= 4 is 23.4 Å². The number of methoxy groups -OCH3 is 2. The summed E-state index contributed by atoms with van der Waals surface area (Å²) in [6, 6.07) is 8.09. The number of carbonyl (C=O) groups excluding carboxylic acids is 4. The van der Waals surface area contributed by atoms with Crippen molar-refractivity contribution in [3.63, 3.8) is 0 Å². The van der Waals surface area contributed by atoms with Crippen LogP contribution in [-0.2, 0) is 38.1 Å². The fraction of sp³-hybridized carbons (Fsp3) is 0.708. The molecule has 1 saturated carbocycles. The standard InChI is InChI=1S/C48H70FNO12/c1-9-33-22-27(2)42(49)28(3)23-40(58-7)44-41(59-8)24-30(5)48(57,62-44)45(54)46(55)50-20-14-13-17-35(50)47(56)61-43(31(6)36(51)26-37(33)52)29(4)21-32-18-19-39(38(53)25-32)60-34-15-11-10-12-16-34/h10-12,15-16,21-22,28,30-33,35-36,38-44,51,53,57H,9,13-14,17-20,23-26H2,1-8H3. The van der Waals surface area contributed by atoms with Crippen LogP contribution in [0.15, 0.2) is 53.6 Å². The summed E-state index contributed by atoms with van der Waals surface area (Å²) >= 11 is 0. The van der Waals surface area contributed by atoms with E-state index in [0.29, 0.717) is 55.4 Å². The molecule has 3 aliphatic heterocycles. The number of halogens is 1. The predicted octanol–water partition coefficient (Wildman–Crippen LogP) is 5.85. The normalized spacial score (nSPS) is 38.9. The van der Waals surface area contributed by atoms with Crippen LogP contribution in [0.2, 0.25) is 0 Å². The van der Waals surface area contributed by atoms with Crippen LogP contribution in [0, 0.1) is 29.6 Å². The van der Waals surface area contributed by atoms with Gasteiger partial charge in [0, 0.05) is 44.9 Å². The first-order valence-corrected chi connectivity index (χ1v) is 22.6. The lowest BCUT2D eigenvalue weighted by molar-refractivity contribution is -0.302. The summed E-state index contributed by atoms with van der Waals surface area (Å²) in [5.41, 5.74) is 0.912. The number of nitrogens with zero attached hydrogens (tertiary/aromatic N) is 1. The highest BCUT2D eigenvalue weighted by molar-refractivity contribution is 6.39. The van der Waals surface area contributed by atoms with Crippen molar-refractivity contribution in [2.75, 3.05) is 20.8 Å². The number of aliphatic hydroxyl groups excluding tert-OH is 2. The predicted molar refractivity (Wildman–Crippen MR) is 228 cm³/mol. The first-order valence-electron chi connectivity index (χ1n) is 22.6. The van der Waals surface area contributed by atoms with Gasteiger partial charge in [-0.1, -0.05) is 58.0 Å². The lowest BCUT2D eigenvalue weighted by Gasteiger charge is -2.47. The van der Waals surface area contributed by atoms with E-state index >= 15 is 4.39 Å². The van der Waals surface area contributed by atoms with Gasteiger partial charge in [0.15, 0.2) is 0 Å². The molecule has 0 spiro atoms. The molecule has 15 unspecified atom stereocenters. The first-order chi connectivity index (χ1) is 29.4. The number of allylic oxidation sites excluding steroid dienone is 3. The van der Waals surface area contributed by atoms with Gasteiger partial charge in [-0.25, -0.2) is 9.18 Å². The van der Waals surface area contributed by atoms with Gasteiger partial charge >= 0.3 is 5.97 Å². The Morgan fingerprint density at radius 2 is 1.61 bits per heavy atom. The number of para-hydroxylation sites is 1. The van der Waals surface area contributed by atoms with E-state index in [4.69, 9.17) is 23.7 Å². The minimum atomic E-state index is -2.61. The molecule has 3 heterocycles. The number of benzene rings is 1. The molecule has 4 aliphatic rings. The Morgan fingerprint density at radius 1 is 0.935 bits per heavy atom. The van der Waals surface area contributed by atoms with E-state index in [-0.39, 0.29) is 43.9 Å². The third-order valence-corrected chi connectivity index (χ3v) is 13.8. The number of rotatable bonds is 7. The molecule has 13 nitrogen and oxygen atoms in total. The molecule has 5 rings (SSSR count). The molecule has 1 aromatic carbocycles. The average molecular weight is 872 g/mol. The number of aliphatic hydroxyl groups is 3. The second-order valence-corrected chi connectivity index (χ2v) is 18.3. The van der Waals surface area contributed by atoms with E-state index < -0.39 is 102 Å². The molecular weight excluding hydrogens is 802 g/mol. The summed E-state index contributed by atoms with van der Waals surface area (Å²) in [4.78, 5) is 57.9. The highest BCUT2D eigenvalue weighted by Crippen LogP contribution is 2.40. The minimum Gasteiger partial charge on any atom is -0.488 e. The summed E-state index contributed by atoms with van der Waals surface area (Å²) in [5, 5.41) is 34.9. The number of Topliss-reactive ketones (excluding diaryl/α,β-unsaturated/α-hetero) is 2. The van der Waals surface area contributed by atoms with Crippen molar-refractivity contribution in [2.45, 2.75) is 166 Å². The topological polar surface area (TPSA) is 178 Å². The summed E-state index contributed by atoms with van der Waals surface area (Å²) in [7, 11) is 2.87. The molecular formula is C48H70FNO12. The Bertz CT molecular complexity index is 1760. The number of piperidine rings is 1. The van der Waals surface area contributed by atoms with E-state index in [1.54, 1.807) is 40.7 Å². The molecule has 2 saturated heterocycles. The number of fused-ring (bicyclic) bond motifs is 3. The number of carbonyl (C=O) groups is 4. The number of ether oxygens (including phenoxy) is 5. The third-order valence-electron chi connectivity index (χ3n) is 13.8. The van der Waals surface area contributed by atoms with Crippen LogP contribution in [0.3, 0.4) is 0 Å². The number of amides is 1. The Balaban J connectivity index is 1.50. The molecule has 1 aliphatic carbocycles. The Kier molecular flexibility index (Phi) is 17.5. The molecule has 62 heavy (non-hydrogen) atoms. The van der Waals surface area contributed by atoms with Crippen LogP contribution in [0.25, 0.3) is 0 Å². The van der Waals surface area contributed by atoms with Gasteiger partial charge in [-0.3, -0.25) is 14.4 Å². The highest BCUT2D eigenvalue weighted by atomic mass is 19.1. The van der Waals surface area contributed by atoms with Crippen molar-refractivity contribution in [3.05, 3.63) is 53.6 Å². The maximum Gasteiger partial charge on any atom is 0.329 e. The van der Waals surface area contributed by atoms with Crippen LogP contribution in [0.5, 0.6) is 5.75 Å². The fourth-order valence-corrected chi connectivity index (χ4v) is 9.86. The molecule has 0 aromatic heterocycles. The zero-order chi connectivity index (χ0) is 45.5. The number of alkyl halides is 1. The van der Waals surface area contributed by atoms with Crippen molar-refractivity contribution in [2.24, 2.45) is 29.6 Å². The molecule has 1 amide bonds. The maximum atomic E-state index is 16.3. The Morgan fingerprint density at radius 3 is 2.26 bits per heavy atom. The second kappa shape index (κ2) is 21.9. The number of esters is 1. The zero-order valence-corrected chi connectivity index (χ0v) is 37.7. The number of cyclic esters (lactones) is 1. The lowest BCUT2D eigenvalue weighted by Crippen LogP contribution is -2.64. The number of hydrogen-bond donors (Lipinski definition) is 3. The van der Waals surface area contributed by atoms with Crippen molar-refractivity contribution < 1.29 is 62.6 Å². The zero-order valence-electron chi connectivity index (χ0n) is 37.7. The molecule has 3 fully saturated rings. The van der Waals surface area contributed by atoms with Crippen molar-refractivity contribution in [3.8, 4) is 5.75 Å². The van der Waals surface area contributed by atoms with Gasteiger partial charge in [0.2, 0.25) is 5.79 Å². The van der Waals surface area contributed by atoms with Crippen LogP contribution in [0.4, 0.5) is 4.39 Å². The van der Waals surface area contributed by atoms with Crippen LogP contribution < -0.4 is 4.74 Å². The van der Waals surface area contributed by atoms with Crippen molar-refractivity contribution in [1.29, 1.82) is 0 Å². The first kappa shape index (κ1) is 49.5. The lowest BCUT2D eigenvalue weighted by atomic mass is 9.81. The summed E-state index contributed by atoms with van der Waals surface area (Å²) in [5.74, 6) is -8.64. The summed E-state index contributed by atoms with van der Waals surface area (Å²) < 4.78 is 46.3. The van der Waals surface area contributed by atoms with E-state index in [9.17, 15) is 34.5 Å². The molecule has 1 aromatic rings. The Hall–Kier alpha value is -3.53. The quantitative estimate of drug-likeness (QED) is 0.169. The molecule has 2 bridgehead atoms. The summed E-state index contributed by atoms with van der Waals surface area (Å²) in [6.07, 6.45) is -1.06. The fourth-order valence-electron chi connectivity index (χ4n) is 9.86. The monoisotopic (exact) mass is 871 g/mol. The van der Waals surface area contributed by atoms with Crippen LogP contribution in [0.1, 0.15) is 106 Å². The maximum absolute atomic E-state index is 16.3. The average Bonchev–Trinajstić information content (AvgIpc) is 3.26. The molecule has 0 radical (unpaired) electrons. The van der Waals surface area contributed by atoms with E-state index in [1.807, 2.05) is 43.3 Å². The third kappa shape index (κ3) is 11.4. The van der Waals surface area contributed by atoms with Crippen LogP contribution >= 0.6 is 0 Å². The molecule has 14 heteroatoms. The molecule has 3 N–H and O–H groups in total. The summed E-state index contributed by atoms with van der Waals surface area (Å²) in [6.45, 7) is 10.2. The van der Waals surface area contributed by atoms with E-state index in [0.717, 1.165) is 4.90 Å². The van der Waals surface area contributed by atoms with E-state index in [2.05, 4.69) is 0 Å². The van der Waals surface area contributed by atoms with Gasteiger partial charge in [0.1, 0.15) is 42.1 Å².